The van der Waals surface area contributed by atoms with Gasteiger partial charge in [0, 0.05) is 17.3 Å². The molecule has 146 valence electrons. The molecule has 6 nitrogen and oxygen atoms in total. The van der Waals surface area contributed by atoms with E-state index < -0.39 is 15.9 Å². The standard InChI is InChI=1S/C21H23N3O3S/c1-13-8-15(3)20(16(4)9-13)24-19(25)12-23-28(26,27)18-7-5-6-17-10-14(2)11-22-21(17)18/h5-11,23H,12H2,1-4H3,(H,24,25). The fourth-order valence-corrected chi connectivity index (χ4v) is 4.42. The second kappa shape index (κ2) is 7.69. The number of aromatic nitrogens is 1. The lowest BCUT2D eigenvalue weighted by Gasteiger charge is -2.13. The number of anilines is 1. The minimum Gasteiger partial charge on any atom is -0.324 e. The van der Waals surface area contributed by atoms with Crippen molar-refractivity contribution in [3.63, 3.8) is 0 Å². The zero-order chi connectivity index (χ0) is 20.5. The molecular formula is C21H23N3O3S. The molecule has 1 heterocycles. The number of hydrogen-bond donors (Lipinski definition) is 2. The van der Waals surface area contributed by atoms with Gasteiger partial charge in [0.2, 0.25) is 15.9 Å². The smallest absolute Gasteiger partial charge is 0.243 e. The Hall–Kier alpha value is -2.77. The predicted molar refractivity (Wildman–Crippen MR) is 111 cm³/mol. The summed E-state index contributed by atoms with van der Waals surface area (Å²) in [6.07, 6.45) is 1.62. The Morgan fingerprint density at radius 3 is 2.36 bits per heavy atom. The van der Waals surface area contributed by atoms with Crippen LogP contribution in [0.3, 0.4) is 0 Å². The van der Waals surface area contributed by atoms with E-state index in [2.05, 4.69) is 15.0 Å². The van der Waals surface area contributed by atoms with Crippen molar-refractivity contribution >= 4 is 32.5 Å². The molecule has 0 unspecified atom stereocenters. The van der Waals surface area contributed by atoms with Gasteiger partial charge < -0.3 is 5.32 Å². The molecule has 0 bridgehead atoms. The van der Waals surface area contributed by atoms with Gasteiger partial charge >= 0.3 is 0 Å². The van der Waals surface area contributed by atoms with Crippen LogP contribution in [0.4, 0.5) is 5.69 Å². The van der Waals surface area contributed by atoms with Crippen molar-refractivity contribution in [3.05, 3.63) is 64.8 Å². The normalized spacial score (nSPS) is 11.6. The van der Waals surface area contributed by atoms with Gasteiger partial charge in [-0.05, 0) is 56.5 Å². The van der Waals surface area contributed by atoms with Crippen LogP contribution in [0.1, 0.15) is 22.3 Å². The molecule has 3 aromatic rings. The summed E-state index contributed by atoms with van der Waals surface area (Å²) < 4.78 is 27.8. The number of fused-ring (bicyclic) bond motifs is 1. The van der Waals surface area contributed by atoms with Crippen LogP contribution >= 0.6 is 0 Å². The van der Waals surface area contributed by atoms with E-state index in [9.17, 15) is 13.2 Å². The molecule has 0 fully saturated rings. The first-order valence-corrected chi connectivity index (χ1v) is 10.4. The summed E-state index contributed by atoms with van der Waals surface area (Å²) in [6.45, 7) is 7.33. The first kappa shape index (κ1) is 20.0. The molecule has 0 spiro atoms. The van der Waals surface area contributed by atoms with E-state index >= 15 is 0 Å². The highest BCUT2D eigenvalue weighted by molar-refractivity contribution is 7.89. The largest absolute Gasteiger partial charge is 0.324 e. The van der Waals surface area contributed by atoms with Crippen LogP contribution in [0.15, 0.2) is 47.5 Å². The minimum atomic E-state index is -3.89. The predicted octanol–water partition coefficient (Wildman–Crippen LogP) is 3.39. The first-order valence-electron chi connectivity index (χ1n) is 8.90. The van der Waals surface area contributed by atoms with Gasteiger partial charge in [-0.2, -0.15) is 0 Å². The average molecular weight is 398 g/mol. The third kappa shape index (κ3) is 4.21. The fraction of sp³-hybridized carbons (Fsp3) is 0.238. The second-order valence-corrected chi connectivity index (χ2v) is 8.72. The Bertz CT molecular complexity index is 1150. The van der Waals surface area contributed by atoms with Gasteiger partial charge in [-0.3, -0.25) is 9.78 Å². The molecule has 0 aliphatic carbocycles. The maximum absolute atomic E-state index is 12.7. The maximum Gasteiger partial charge on any atom is 0.243 e. The molecule has 28 heavy (non-hydrogen) atoms. The molecule has 7 heteroatoms. The van der Waals surface area contributed by atoms with Crippen LogP contribution in [-0.4, -0.2) is 25.9 Å². The number of carbonyl (C=O) groups excluding carboxylic acids is 1. The molecule has 1 amide bonds. The zero-order valence-electron chi connectivity index (χ0n) is 16.3. The van der Waals surface area contributed by atoms with Crippen LogP contribution in [0.2, 0.25) is 0 Å². The SMILES string of the molecule is Cc1cc(C)c(NC(=O)CNS(=O)(=O)c2cccc3cc(C)cnc23)c(C)c1. The molecule has 0 aliphatic heterocycles. The Morgan fingerprint density at radius 1 is 1.00 bits per heavy atom. The molecule has 2 N–H and O–H groups in total. The van der Waals surface area contributed by atoms with Crippen molar-refractivity contribution in [1.29, 1.82) is 0 Å². The van der Waals surface area contributed by atoms with E-state index in [0.29, 0.717) is 11.2 Å². The lowest BCUT2D eigenvalue weighted by atomic mass is 10.1. The van der Waals surface area contributed by atoms with Crippen molar-refractivity contribution in [2.75, 3.05) is 11.9 Å². The number of pyridine rings is 1. The van der Waals surface area contributed by atoms with Gasteiger partial charge in [0.1, 0.15) is 4.90 Å². The topological polar surface area (TPSA) is 88.2 Å². The number of nitrogens with one attached hydrogen (secondary N) is 2. The van der Waals surface area contributed by atoms with Gasteiger partial charge in [0.15, 0.2) is 0 Å². The van der Waals surface area contributed by atoms with Crippen LogP contribution in [0, 0.1) is 27.7 Å². The maximum atomic E-state index is 12.7. The summed E-state index contributed by atoms with van der Waals surface area (Å²) in [4.78, 5) is 16.6. The number of sulfonamides is 1. The molecule has 0 saturated carbocycles. The van der Waals surface area contributed by atoms with Crippen molar-refractivity contribution in [2.45, 2.75) is 32.6 Å². The van der Waals surface area contributed by atoms with Gasteiger partial charge in [-0.15, -0.1) is 0 Å². The highest BCUT2D eigenvalue weighted by Gasteiger charge is 2.19. The molecule has 2 aromatic carbocycles. The number of para-hydroxylation sites is 1. The summed E-state index contributed by atoms with van der Waals surface area (Å²) in [5.74, 6) is -0.428. The van der Waals surface area contributed by atoms with E-state index in [0.717, 1.165) is 27.6 Å². The third-order valence-electron chi connectivity index (χ3n) is 4.46. The van der Waals surface area contributed by atoms with Gasteiger partial charge in [0.05, 0.1) is 12.1 Å². The quantitative estimate of drug-likeness (QED) is 0.691. The number of aryl methyl sites for hydroxylation is 4. The van der Waals surface area contributed by atoms with Crippen LogP contribution in [0.25, 0.3) is 10.9 Å². The van der Waals surface area contributed by atoms with E-state index in [-0.39, 0.29) is 11.4 Å². The summed E-state index contributed by atoms with van der Waals surface area (Å²) in [5, 5.41) is 3.53. The summed E-state index contributed by atoms with van der Waals surface area (Å²) in [7, 11) is -3.89. The number of carbonyl (C=O) groups is 1. The lowest BCUT2D eigenvalue weighted by molar-refractivity contribution is -0.115. The van der Waals surface area contributed by atoms with Gasteiger partial charge in [-0.25, -0.2) is 13.1 Å². The number of amides is 1. The Balaban J connectivity index is 1.78. The molecule has 0 saturated heterocycles. The lowest BCUT2D eigenvalue weighted by Crippen LogP contribution is -2.33. The minimum absolute atomic E-state index is 0.0560. The molecule has 0 aliphatic rings. The number of rotatable bonds is 5. The van der Waals surface area contributed by atoms with Crippen LogP contribution in [-0.2, 0) is 14.8 Å². The summed E-state index contributed by atoms with van der Waals surface area (Å²) >= 11 is 0. The van der Waals surface area contributed by atoms with E-state index in [4.69, 9.17) is 0 Å². The highest BCUT2D eigenvalue weighted by atomic mass is 32.2. The van der Waals surface area contributed by atoms with Crippen LogP contribution in [0.5, 0.6) is 0 Å². The van der Waals surface area contributed by atoms with Crippen molar-refractivity contribution in [3.8, 4) is 0 Å². The molecule has 0 radical (unpaired) electrons. The molecule has 3 rings (SSSR count). The van der Waals surface area contributed by atoms with Gasteiger partial charge in [-0.1, -0.05) is 29.8 Å². The molecule has 0 atom stereocenters. The Kier molecular flexibility index (Phi) is 5.49. The van der Waals surface area contributed by atoms with E-state index in [1.807, 2.05) is 52.0 Å². The van der Waals surface area contributed by atoms with Crippen molar-refractivity contribution in [2.24, 2.45) is 0 Å². The first-order chi connectivity index (χ1) is 13.2. The van der Waals surface area contributed by atoms with E-state index in [1.165, 1.54) is 6.07 Å². The third-order valence-corrected chi connectivity index (χ3v) is 5.90. The molecule has 1 aromatic heterocycles. The van der Waals surface area contributed by atoms with Crippen molar-refractivity contribution in [1.82, 2.24) is 9.71 Å². The average Bonchev–Trinajstić information content (AvgIpc) is 2.62. The van der Waals surface area contributed by atoms with Crippen LogP contribution < -0.4 is 10.0 Å². The second-order valence-electron chi connectivity index (χ2n) is 6.99. The number of benzene rings is 2. The summed E-state index contributed by atoms with van der Waals surface area (Å²) in [6, 6.07) is 10.8. The monoisotopic (exact) mass is 397 g/mol. The number of hydrogen-bond acceptors (Lipinski definition) is 4. The Labute approximate surface area is 165 Å². The van der Waals surface area contributed by atoms with Crippen molar-refractivity contribution < 1.29 is 13.2 Å². The zero-order valence-corrected chi connectivity index (χ0v) is 17.1. The highest BCUT2D eigenvalue weighted by Crippen LogP contribution is 2.23. The van der Waals surface area contributed by atoms with Gasteiger partial charge in [0.25, 0.3) is 0 Å². The molecular weight excluding hydrogens is 374 g/mol. The fourth-order valence-electron chi connectivity index (χ4n) is 3.26. The Morgan fingerprint density at radius 2 is 1.68 bits per heavy atom. The number of nitrogens with zero attached hydrogens (tertiary/aromatic N) is 1. The van der Waals surface area contributed by atoms with E-state index in [1.54, 1.807) is 12.3 Å². The summed E-state index contributed by atoms with van der Waals surface area (Å²) in [5.41, 5.74) is 5.00.